The molecule has 0 spiro atoms. The monoisotopic (exact) mass is 233 g/mol. The van der Waals surface area contributed by atoms with Gasteiger partial charge in [0.2, 0.25) is 0 Å². The van der Waals surface area contributed by atoms with Crippen LogP contribution in [0.15, 0.2) is 24.3 Å². The highest BCUT2D eigenvalue weighted by molar-refractivity contribution is 5.97. The number of nitrogens with two attached hydrogens (primary N) is 1. The van der Waals surface area contributed by atoms with Crippen molar-refractivity contribution in [2.24, 2.45) is 5.73 Å². The van der Waals surface area contributed by atoms with Gasteiger partial charge < -0.3 is 5.73 Å². The fraction of sp³-hybridized carbons (Fsp3) is 0.533. The number of unbranched alkanes of at least 4 members (excludes halogenated alkanes) is 4. The normalized spacial score (nSPS) is 10.5. The largest absolute Gasteiger partial charge is 0.324 e. The van der Waals surface area contributed by atoms with E-state index in [2.05, 4.69) is 6.92 Å². The third kappa shape index (κ3) is 5.14. The maximum absolute atomic E-state index is 11.3. The first-order valence-corrected chi connectivity index (χ1v) is 6.60. The van der Waals surface area contributed by atoms with E-state index in [0.717, 1.165) is 12.0 Å². The SMILES string of the molecule is CCCCCCCc1ccc(C(=O)CN)cc1. The van der Waals surface area contributed by atoms with E-state index in [1.807, 2.05) is 24.3 Å². The van der Waals surface area contributed by atoms with Crippen molar-refractivity contribution in [3.05, 3.63) is 35.4 Å². The Morgan fingerprint density at radius 3 is 2.29 bits per heavy atom. The van der Waals surface area contributed by atoms with Crippen LogP contribution < -0.4 is 5.73 Å². The van der Waals surface area contributed by atoms with Crippen molar-refractivity contribution in [1.29, 1.82) is 0 Å². The van der Waals surface area contributed by atoms with Crippen molar-refractivity contribution in [2.45, 2.75) is 45.4 Å². The van der Waals surface area contributed by atoms with Gasteiger partial charge >= 0.3 is 0 Å². The van der Waals surface area contributed by atoms with Gasteiger partial charge in [-0.3, -0.25) is 4.79 Å². The standard InChI is InChI=1S/C15H23NO/c1-2-3-4-5-6-7-13-8-10-14(11-9-13)15(17)12-16/h8-11H,2-7,12,16H2,1H3. The summed E-state index contributed by atoms with van der Waals surface area (Å²) >= 11 is 0. The zero-order valence-electron chi connectivity index (χ0n) is 10.7. The first-order valence-electron chi connectivity index (χ1n) is 6.60. The van der Waals surface area contributed by atoms with E-state index in [-0.39, 0.29) is 12.3 Å². The van der Waals surface area contributed by atoms with Crippen molar-refractivity contribution in [2.75, 3.05) is 6.54 Å². The van der Waals surface area contributed by atoms with Gasteiger partial charge in [-0.1, -0.05) is 56.9 Å². The first-order chi connectivity index (χ1) is 8.27. The van der Waals surface area contributed by atoms with Gasteiger partial charge in [0.1, 0.15) is 0 Å². The van der Waals surface area contributed by atoms with E-state index in [9.17, 15) is 4.79 Å². The van der Waals surface area contributed by atoms with Gasteiger partial charge in [0.05, 0.1) is 6.54 Å². The van der Waals surface area contributed by atoms with Crippen LogP contribution in [-0.4, -0.2) is 12.3 Å². The number of carbonyl (C=O) groups is 1. The second kappa shape index (κ2) is 8.02. The number of hydrogen-bond donors (Lipinski definition) is 1. The molecule has 2 heteroatoms. The van der Waals surface area contributed by atoms with Crippen molar-refractivity contribution < 1.29 is 4.79 Å². The molecule has 17 heavy (non-hydrogen) atoms. The Hall–Kier alpha value is -1.15. The van der Waals surface area contributed by atoms with Crippen LogP contribution >= 0.6 is 0 Å². The van der Waals surface area contributed by atoms with Crippen LogP contribution in [0.1, 0.15) is 54.9 Å². The molecular weight excluding hydrogens is 210 g/mol. The zero-order valence-corrected chi connectivity index (χ0v) is 10.7. The summed E-state index contributed by atoms with van der Waals surface area (Å²) in [5, 5.41) is 0. The number of rotatable bonds is 8. The van der Waals surface area contributed by atoms with Crippen molar-refractivity contribution in [3.63, 3.8) is 0 Å². The van der Waals surface area contributed by atoms with Crippen LogP contribution in [-0.2, 0) is 6.42 Å². The van der Waals surface area contributed by atoms with Crippen LogP contribution in [0.2, 0.25) is 0 Å². The van der Waals surface area contributed by atoms with E-state index in [1.165, 1.54) is 37.7 Å². The maximum Gasteiger partial charge on any atom is 0.176 e. The Morgan fingerprint density at radius 1 is 1.06 bits per heavy atom. The van der Waals surface area contributed by atoms with Gasteiger partial charge in [-0.25, -0.2) is 0 Å². The molecular formula is C15H23NO. The minimum absolute atomic E-state index is 0.0134. The number of hydrogen-bond acceptors (Lipinski definition) is 2. The van der Waals surface area contributed by atoms with Gasteiger partial charge in [-0.15, -0.1) is 0 Å². The number of ketones is 1. The molecule has 94 valence electrons. The van der Waals surface area contributed by atoms with Gasteiger partial charge in [0.15, 0.2) is 5.78 Å². The molecule has 0 radical (unpaired) electrons. The Balaban J connectivity index is 2.33. The summed E-state index contributed by atoms with van der Waals surface area (Å²) in [5.41, 5.74) is 7.36. The molecule has 0 aliphatic carbocycles. The molecule has 1 rings (SSSR count). The van der Waals surface area contributed by atoms with Gasteiger partial charge in [0.25, 0.3) is 0 Å². The molecule has 1 aromatic rings. The second-order valence-electron chi connectivity index (χ2n) is 4.49. The van der Waals surface area contributed by atoms with E-state index < -0.39 is 0 Å². The van der Waals surface area contributed by atoms with E-state index >= 15 is 0 Å². The fourth-order valence-corrected chi connectivity index (χ4v) is 1.91. The number of Topliss-reactive ketones (excluding diaryl/α,β-unsaturated/α-hetero) is 1. The third-order valence-electron chi connectivity index (χ3n) is 3.03. The van der Waals surface area contributed by atoms with Crippen LogP contribution in [0.25, 0.3) is 0 Å². The quantitative estimate of drug-likeness (QED) is 0.553. The smallest absolute Gasteiger partial charge is 0.176 e. The van der Waals surface area contributed by atoms with Crippen LogP contribution in [0, 0.1) is 0 Å². The van der Waals surface area contributed by atoms with Gasteiger partial charge in [-0.05, 0) is 18.4 Å². The lowest BCUT2D eigenvalue weighted by Gasteiger charge is -2.03. The van der Waals surface area contributed by atoms with Crippen LogP contribution in [0.3, 0.4) is 0 Å². The summed E-state index contributed by atoms with van der Waals surface area (Å²) in [4.78, 5) is 11.3. The lowest BCUT2D eigenvalue weighted by atomic mass is 10.0. The maximum atomic E-state index is 11.3. The average Bonchev–Trinajstić information content (AvgIpc) is 2.38. The topological polar surface area (TPSA) is 43.1 Å². The minimum Gasteiger partial charge on any atom is -0.324 e. The molecule has 0 heterocycles. The highest BCUT2D eigenvalue weighted by Gasteiger charge is 2.02. The third-order valence-corrected chi connectivity index (χ3v) is 3.03. The minimum atomic E-state index is 0.0134. The van der Waals surface area contributed by atoms with Crippen LogP contribution in [0.5, 0.6) is 0 Å². The summed E-state index contributed by atoms with van der Waals surface area (Å²) in [5.74, 6) is 0.0134. The van der Waals surface area contributed by atoms with Crippen molar-refractivity contribution in [1.82, 2.24) is 0 Å². The van der Waals surface area contributed by atoms with Gasteiger partial charge in [0, 0.05) is 5.56 Å². The Bertz CT molecular complexity index is 329. The highest BCUT2D eigenvalue weighted by Crippen LogP contribution is 2.10. The second-order valence-corrected chi connectivity index (χ2v) is 4.49. The molecule has 2 nitrogen and oxygen atoms in total. The molecule has 0 atom stereocenters. The molecule has 0 unspecified atom stereocenters. The summed E-state index contributed by atoms with van der Waals surface area (Å²) in [6, 6.07) is 7.86. The summed E-state index contributed by atoms with van der Waals surface area (Å²) in [7, 11) is 0. The fourth-order valence-electron chi connectivity index (χ4n) is 1.91. The molecule has 1 aromatic carbocycles. The molecule has 0 bridgehead atoms. The molecule has 2 N–H and O–H groups in total. The highest BCUT2D eigenvalue weighted by atomic mass is 16.1. The summed E-state index contributed by atoms with van der Waals surface area (Å²) in [6.07, 6.45) is 7.61. The molecule has 0 aliphatic heterocycles. The lowest BCUT2D eigenvalue weighted by Crippen LogP contribution is -2.13. The van der Waals surface area contributed by atoms with Gasteiger partial charge in [-0.2, -0.15) is 0 Å². The molecule has 0 aliphatic rings. The summed E-state index contributed by atoms with van der Waals surface area (Å²) < 4.78 is 0. The molecule has 0 fully saturated rings. The molecule has 0 aromatic heterocycles. The van der Waals surface area contributed by atoms with E-state index in [0.29, 0.717) is 0 Å². The van der Waals surface area contributed by atoms with E-state index in [4.69, 9.17) is 5.73 Å². The number of carbonyl (C=O) groups excluding carboxylic acids is 1. The average molecular weight is 233 g/mol. The van der Waals surface area contributed by atoms with E-state index in [1.54, 1.807) is 0 Å². The molecule has 0 saturated carbocycles. The Labute approximate surface area is 104 Å². The molecule has 0 amide bonds. The summed E-state index contributed by atoms with van der Waals surface area (Å²) in [6.45, 7) is 2.32. The molecule has 0 saturated heterocycles. The Morgan fingerprint density at radius 2 is 1.71 bits per heavy atom. The predicted octanol–water partition coefficient (Wildman–Crippen LogP) is 3.34. The van der Waals surface area contributed by atoms with Crippen LogP contribution in [0.4, 0.5) is 0 Å². The Kier molecular flexibility index (Phi) is 6.56. The zero-order chi connectivity index (χ0) is 12.5. The van der Waals surface area contributed by atoms with Crippen molar-refractivity contribution >= 4 is 5.78 Å². The number of aryl methyl sites for hydroxylation is 1. The first kappa shape index (κ1) is 13.9. The predicted molar refractivity (Wildman–Crippen MR) is 72.3 cm³/mol. The number of benzene rings is 1. The lowest BCUT2D eigenvalue weighted by molar-refractivity contribution is 0.100. The van der Waals surface area contributed by atoms with Crippen molar-refractivity contribution in [3.8, 4) is 0 Å².